The van der Waals surface area contributed by atoms with E-state index in [4.69, 9.17) is 9.47 Å². The van der Waals surface area contributed by atoms with E-state index in [1.807, 2.05) is 4.72 Å². The van der Waals surface area contributed by atoms with Crippen LogP contribution in [0.25, 0.3) is 0 Å². The molecule has 0 radical (unpaired) electrons. The molecule has 0 atom stereocenters. The van der Waals surface area contributed by atoms with Gasteiger partial charge in [0.25, 0.3) is 5.91 Å². The molecular weight excluding hydrogens is 433 g/mol. The van der Waals surface area contributed by atoms with E-state index in [9.17, 15) is 17.6 Å². The molecular formula is C24H30FNO5S. The summed E-state index contributed by atoms with van der Waals surface area (Å²) in [5.74, 6) is 1.55. The molecule has 5 aliphatic carbocycles. The van der Waals surface area contributed by atoms with E-state index in [0.29, 0.717) is 12.4 Å². The number of rotatable bonds is 7. The van der Waals surface area contributed by atoms with Crippen LogP contribution in [0.4, 0.5) is 4.39 Å². The second-order valence-corrected chi connectivity index (χ2v) is 12.9. The van der Waals surface area contributed by atoms with Gasteiger partial charge in [0, 0.05) is 11.5 Å². The number of nitrogens with one attached hydrogen (secondary N) is 1. The zero-order valence-corrected chi connectivity index (χ0v) is 19.0. The van der Waals surface area contributed by atoms with E-state index in [1.165, 1.54) is 50.7 Å². The van der Waals surface area contributed by atoms with Crippen molar-refractivity contribution in [1.82, 2.24) is 4.72 Å². The van der Waals surface area contributed by atoms with Crippen LogP contribution < -0.4 is 9.46 Å². The van der Waals surface area contributed by atoms with E-state index in [-0.39, 0.29) is 30.1 Å². The predicted molar refractivity (Wildman–Crippen MR) is 115 cm³/mol. The van der Waals surface area contributed by atoms with E-state index in [2.05, 4.69) is 0 Å². The van der Waals surface area contributed by atoms with Crippen molar-refractivity contribution in [3.8, 4) is 5.75 Å². The summed E-state index contributed by atoms with van der Waals surface area (Å²) in [7, 11) is -3.87. The number of sulfonamides is 1. The maximum Gasteiger partial charge on any atom is 0.267 e. The minimum Gasteiger partial charge on any atom is -0.493 e. The predicted octanol–water partition coefficient (Wildman–Crippen LogP) is 3.76. The van der Waals surface area contributed by atoms with Crippen LogP contribution in [-0.2, 0) is 14.8 Å². The molecule has 6 aliphatic rings. The van der Waals surface area contributed by atoms with Gasteiger partial charge in [-0.25, -0.2) is 17.5 Å². The van der Waals surface area contributed by atoms with Gasteiger partial charge in [-0.15, -0.1) is 0 Å². The number of carbonyl (C=O) groups is 1. The summed E-state index contributed by atoms with van der Waals surface area (Å²) in [6, 6.07) is 2.80. The molecule has 1 aliphatic heterocycles. The molecule has 1 aromatic carbocycles. The van der Waals surface area contributed by atoms with Crippen molar-refractivity contribution in [1.29, 1.82) is 0 Å². The minimum atomic E-state index is -3.87. The highest BCUT2D eigenvalue weighted by Crippen LogP contribution is 2.60. The molecule has 6 fully saturated rings. The van der Waals surface area contributed by atoms with Crippen molar-refractivity contribution in [3.63, 3.8) is 0 Å². The quantitative estimate of drug-likeness (QED) is 0.666. The van der Waals surface area contributed by atoms with E-state index in [1.54, 1.807) is 0 Å². The summed E-state index contributed by atoms with van der Waals surface area (Å²) >= 11 is 0. The lowest BCUT2D eigenvalue weighted by atomic mass is 9.50. The first-order chi connectivity index (χ1) is 15.3. The Morgan fingerprint density at radius 3 is 2.25 bits per heavy atom. The largest absolute Gasteiger partial charge is 0.493 e. The lowest BCUT2D eigenvalue weighted by Crippen LogP contribution is -2.48. The van der Waals surface area contributed by atoms with Gasteiger partial charge in [0.2, 0.25) is 10.0 Å². The van der Waals surface area contributed by atoms with Crippen molar-refractivity contribution in [2.45, 2.75) is 62.5 Å². The molecule has 7 rings (SSSR count). The Hall–Kier alpha value is -1.67. The first-order valence-electron chi connectivity index (χ1n) is 11.9. The van der Waals surface area contributed by atoms with E-state index in [0.717, 1.165) is 36.2 Å². The highest BCUT2D eigenvalue weighted by molar-refractivity contribution is 7.90. The number of ether oxygens (including phenoxy) is 2. The van der Waals surface area contributed by atoms with E-state index >= 15 is 0 Å². The summed E-state index contributed by atoms with van der Waals surface area (Å²) in [6.07, 6.45) is 9.66. The van der Waals surface area contributed by atoms with Gasteiger partial charge in [0.05, 0.1) is 25.4 Å². The molecule has 1 aromatic rings. The third-order valence-electron chi connectivity index (χ3n) is 8.34. The first kappa shape index (κ1) is 20.9. The van der Waals surface area contributed by atoms with Crippen LogP contribution in [-0.4, -0.2) is 39.4 Å². The van der Waals surface area contributed by atoms with Crippen molar-refractivity contribution in [3.05, 3.63) is 29.1 Å². The third-order valence-corrected chi connectivity index (χ3v) is 9.96. The van der Waals surface area contributed by atoms with Gasteiger partial charge in [0.1, 0.15) is 16.8 Å². The highest BCUT2D eigenvalue weighted by Gasteiger charge is 2.51. The molecule has 4 bridgehead atoms. The second-order valence-electron chi connectivity index (χ2n) is 11.0. The molecule has 1 saturated heterocycles. The Morgan fingerprint density at radius 1 is 1.09 bits per heavy atom. The first-order valence-corrected chi connectivity index (χ1v) is 13.4. The molecule has 6 nitrogen and oxygen atoms in total. The van der Waals surface area contributed by atoms with Crippen molar-refractivity contribution in [2.24, 2.45) is 23.2 Å². The number of hydrogen-bond donors (Lipinski definition) is 1. The maximum atomic E-state index is 15.0. The van der Waals surface area contributed by atoms with Crippen molar-refractivity contribution >= 4 is 15.9 Å². The van der Waals surface area contributed by atoms with Crippen LogP contribution >= 0.6 is 0 Å². The Bertz CT molecular complexity index is 1010. The van der Waals surface area contributed by atoms with Gasteiger partial charge in [-0.1, -0.05) is 0 Å². The van der Waals surface area contributed by atoms with Crippen LogP contribution in [0.1, 0.15) is 73.2 Å². The normalized spacial score (nSPS) is 33.7. The lowest BCUT2D eigenvalue weighted by molar-refractivity contribution is -0.0747. The van der Waals surface area contributed by atoms with Crippen molar-refractivity contribution in [2.75, 3.05) is 19.8 Å². The third kappa shape index (κ3) is 3.73. The number of benzene rings is 1. The molecule has 0 spiro atoms. The molecule has 1 N–H and O–H groups in total. The van der Waals surface area contributed by atoms with Gasteiger partial charge < -0.3 is 9.47 Å². The fourth-order valence-corrected chi connectivity index (χ4v) is 8.03. The Kier molecular flexibility index (Phi) is 4.85. The standard InChI is InChI=1S/C24H30FNO5S/c25-21-7-22(31-13-24-8-14-3-15(9-24)5-16(4-14)10-24)19(17-1-2-17)6-20(21)23(27)26-32(28,29)18-11-30-12-18/h6-7,14-18H,1-5,8-13H2,(H,26,27). The summed E-state index contributed by atoms with van der Waals surface area (Å²) in [6.45, 7) is 0.711. The van der Waals surface area contributed by atoms with Crippen molar-refractivity contribution < 1.29 is 27.1 Å². The molecule has 1 amide bonds. The zero-order valence-electron chi connectivity index (χ0n) is 18.1. The average Bonchev–Trinajstić information content (AvgIpc) is 3.48. The van der Waals surface area contributed by atoms with Gasteiger partial charge in [0.15, 0.2) is 0 Å². The smallest absolute Gasteiger partial charge is 0.267 e. The van der Waals surface area contributed by atoms with Gasteiger partial charge in [-0.2, -0.15) is 0 Å². The Balaban J connectivity index is 1.21. The fraction of sp³-hybridized carbons (Fsp3) is 0.708. The SMILES string of the molecule is O=C(NS(=O)(=O)C1COC1)c1cc(C2CC2)c(OCC23CC4CC(CC(C4)C2)C3)cc1F. The molecule has 32 heavy (non-hydrogen) atoms. The summed E-state index contributed by atoms with van der Waals surface area (Å²) < 4.78 is 52.7. The second kappa shape index (κ2) is 7.42. The minimum absolute atomic E-state index is 0.0511. The molecule has 174 valence electrons. The number of carbonyl (C=O) groups excluding carboxylic acids is 1. The lowest BCUT2D eigenvalue weighted by Gasteiger charge is -2.56. The van der Waals surface area contributed by atoms with Gasteiger partial charge >= 0.3 is 0 Å². The topological polar surface area (TPSA) is 81.7 Å². The zero-order chi connectivity index (χ0) is 22.1. The Morgan fingerprint density at radius 2 is 1.72 bits per heavy atom. The molecule has 0 unspecified atom stereocenters. The highest BCUT2D eigenvalue weighted by atomic mass is 32.2. The van der Waals surface area contributed by atoms with Crippen LogP contribution in [0.2, 0.25) is 0 Å². The molecule has 1 heterocycles. The Labute approximate surface area is 188 Å². The van der Waals surface area contributed by atoms with E-state index < -0.39 is 27.0 Å². The maximum absolute atomic E-state index is 15.0. The number of hydrogen-bond acceptors (Lipinski definition) is 5. The number of halogens is 1. The van der Waals surface area contributed by atoms with Crippen LogP contribution in [0.3, 0.4) is 0 Å². The van der Waals surface area contributed by atoms with Crippen LogP contribution in [0, 0.1) is 29.0 Å². The van der Waals surface area contributed by atoms with Crippen LogP contribution in [0.15, 0.2) is 12.1 Å². The van der Waals surface area contributed by atoms with Crippen LogP contribution in [0.5, 0.6) is 5.75 Å². The van der Waals surface area contributed by atoms with Gasteiger partial charge in [-0.3, -0.25) is 4.79 Å². The summed E-state index contributed by atoms with van der Waals surface area (Å²) in [5, 5.41) is -0.764. The summed E-state index contributed by atoms with van der Waals surface area (Å²) in [4.78, 5) is 12.6. The fourth-order valence-electron chi connectivity index (χ4n) is 6.94. The average molecular weight is 464 g/mol. The molecule has 0 aromatic heterocycles. The summed E-state index contributed by atoms with van der Waals surface area (Å²) in [5.41, 5.74) is 0.796. The molecule has 5 saturated carbocycles. The molecule has 8 heteroatoms. The number of amides is 1. The van der Waals surface area contributed by atoms with Gasteiger partial charge in [-0.05, 0) is 86.7 Å². The monoisotopic (exact) mass is 463 g/mol.